The van der Waals surface area contributed by atoms with Crippen LogP contribution in [0.1, 0.15) is 25.0 Å². The molecule has 1 aliphatic rings. The van der Waals surface area contributed by atoms with Crippen LogP contribution in [0.4, 0.5) is 0 Å². The second-order valence-corrected chi connectivity index (χ2v) is 4.00. The molecule has 2 heteroatoms. The standard InChI is InChI=1S/C13H16N2/c1-3-11-4-6-12(7-5-11)13-8-10(2)9-14-15-13/h4-8,10H,3,9H2,1-2H3. The van der Waals surface area contributed by atoms with Crippen LogP contribution >= 0.6 is 0 Å². The van der Waals surface area contributed by atoms with Gasteiger partial charge in [-0.05, 0) is 17.9 Å². The Labute approximate surface area is 90.7 Å². The maximum absolute atomic E-state index is 4.19. The van der Waals surface area contributed by atoms with Gasteiger partial charge in [0.2, 0.25) is 0 Å². The summed E-state index contributed by atoms with van der Waals surface area (Å²) in [5.74, 6) is 0.503. The zero-order chi connectivity index (χ0) is 10.7. The lowest BCUT2D eigenvalue weighted by Crippen LogP contribution is -2.00. The first-order valence-corrected chi connectivity index (χ1v) is 5.48. The predicted molar refractivity (Wildman–Crippen MR) is 62.7 cm³/mol. The van der Waals surface area contributed by atoms with Crippen LogP contribution < -0.4 is 0 Å². The van der Waals surface area contributed by atoms with Gasteiger partial charge in [-0.2, -0.15) is 10.2 Å². The molecular weight excluding hydrogens is 184 g/mol. The van der Waals surface area contributed by atoms with Gasteiger partial charge in [-0.25, -0.2) is 0 Å². The highest BCUT2D eigenvalue weighted by molar-refractivity contribution is 5.65. The molecular formula is C13H16N2. The van der Waals surface area contributed by atoms with E-state index in [0.29, 0.717) is 5.92 Å². The zero-order valence-electron chi connectivity index (χ0n) is 9.27. The van der Waals surface area contributed by atoms with E-state index < -0.39 is 0 Å². The summed E-state index contributed by atoms with van der Waals surface area (Å²) in [6.45, 7) is 5.14. The summed E-state index contributed by atoms with van der Waals surface area (Å²) in [7, 11) is 0. The minimum absolute atomic E-state index is 0.503. The number of azo groups is 1. The number of nitrogens with zero attached hydrogens (tertiary/aromatic N) is 2. The Morgan fingerprint density at radius 1 is 1.27 bits per heavy atom. The van der Waals surface area contributed by atoms with Gasteiger partial charge in [-0.15, -0.1) is 0 Å². The van der Waals surface area contributed by atoms with E-state index in [1.807, 2.05) is 0 Å². The lowest BCUT2D eigenvalue weighted by molar-refractivity contribution is 0.698. The summed E-state index contributed by atoms with van der Waals surface area (Å²) in [6.07, 6.45) is 3.27. The van der Waals surface area contributed by atoms with Gasteiger partial charge in [0.25, 0.3) is 0 Å². The molecule has 0 saturated carbocycles. The molecule has 0 fully saturated rings. The first kappa shape index (κ1) is 10.1. The van der Waals surface area contributed by atoms with Crippen molar-refractivity contribution >= 4 is 5.70 Å². The van der Waals surface area contributed by atoms with Crippen molar-refractivity contribution in [3.8, 4) is 0 Å². The van der Waals surface area contributed by atoms with Crippen molar-refractivity contribution in [2.45, 2.75) is 20.3 Å². The maximum Gasteiger partial charge on any atom is 0.0888 e. The topological polar surface area (TPSA) is 24.7 Å². The van der Waals surface area contributed by atoms with Crippen LogP contribution in [0.2, 0.25) is 0 Å². The van der Waals surface area contributed by atoms with Gasteiger partial charge in [0, 0.05) is 5.56 Å². The van der Waals surface area contributed by atoms with E-state index in [1.165, 1.54) is 11.1 Å². The lowest BCUT2D eigenvalue weighted by atomic mass is 10.0. The highest BCUT2D eigenvalue weighted by Crippen LogP contribution is 2.22. The van der Waals surface area contributed by atoms with Crippen molar-refractivity contribution in [2.75, 3.05) is 6.54 Å². The van der Waals surface area contributed by atoms with Crippen molar-refractivity contribution in [1.29, 1.82) is 0 Å². The summed E-state index contributed by atoms with van der Waals surface area (Å²) in [5.41, 5.74) is 3.54. The van der Waals surface area contributed by atoms with Crippen molar-refractivity contribution in [2.24, 2.45) is 16.1 Å². The fourth-order valence-electron chi connectivity index (χ4n) is 1.67. The van der Waals surface area contributed by atoms with Crippen molar-refractivity contribution in [1.82, 2.24) is 0 Å². The normalized spacial score (nSPS) is 20.1. The first-order valence-electron chi connectivity index (χ1n) is 5.48. The third kappa shape index (κ3) is 2.32. The smallest absolute Gasteiger partial charge is 0.0888 e. The highest BCUT2D eigenvalue weighted by atomic mass is 15.1. The van der Waals surface area contributed by atoms with Gasteiger partial charge in [-0.3, -0.25) is 0 Å². The van der Waals surface area contributed by atoms with Gasteiger partial charge >= 0.3 is 0 Å². The molecule has 0 N–H and O–H groups in total. The average molecular weight is 200 g/mol. The molecule has 0 saturated heterocycles. The SMILES string of the molecule is CCc1ccc(C2=CC(C)CN=N2)cc1. The lowest BCUT2D eigenvalue weighted by Gasteiger charge is -2.10. The summed E-state index contributed by atoms with van der Waals surface area (Å²) in [4.78, 5) is 0. The highest BCUT2D eigenvalue weighted by Gasteiger charge is 2.08. The van der Waals surface area contributed by atoms with Crippen LogP contribution in [0.5, 0.6) is 0 Å². The van der Waals surface area contributed by atoms with Gasteiger partial charge in [0.1, 0.15) is 0 Å². The second kappa shape index (κ2) is 4.39. The molecule has 15 heavy (non-hydrogen) atoms. The van der Waals surface area contributed by atoms with Crippen LogP contribution in [-0.2, 0) is 6.42 Å². The average Bonchev–Trinajstić information content (AvgIpc) is 2.29. The molecule has 0 spiro atoms. The fourth-order valence-corrected chi connectivity index (χ4v) is 1.67. The van der Waals surface area contributed by atoms with E-state index >= 15 is 0 Å². The molecule has 0 aliphatic carbocycles. The monoisotopic (exact) mass is 200 g/mol. The molecule has 2 rings (SSSR count). The quantitative estimate of drug-likeness (QED) is 0.695. The van der Waals surface area contributed by atoms with E-state index in [1.54, 1.807) is 0 Å². The molecule has 1 atom stereocenters. The third-order valence-electron chi connectivity index (χ3n) is 2.65. The van der Waals surface area contributed by atoms with Crippen LogP contribution in [0, 0.1) is 5.92 Å². The molecule has 1 heterocycles. The van der Waals surface area contributed by atoms with Crippen LogP contribution in [0.25, 0.3) is 5.70 Å². The Morgan fingerprint density at radius 3 is 2.60 bits per heavy atom. The molecule has 2 nitrogen and oxygen atoms in total. The number of benzene rings is 1. The van der Waals surface area contributed by atoms with Crippen molar-refractivity contribution in [3.63, 3.8) is 0 Å². The molecule has 0 radical (unpaired) electrons. The van der Waals surface area contributed by atoms with Gasteiger partial charge in [0.15, 0.2) is 0 Å². The molecule has 1 aliphatic heterocycles. The molecule has 0 bridgehead atoms. The summed E-state index contributed by atoms with van der Waals surface area (Å²) < 4.78 is 0. The summed E-state index contributed by atoms with van der Waals surface area (Å²) in [6, 6.07) is 8.57. The van der Waals surface area contributed by atoms with E-state index in [0.717, 1.165) is 18.7 Å². The van der Waals surface area contributed by atoms with Crippen molar-refractivity contribution < 1.29 is 0 Å². The Hall–Kier alpha value is -1.44. The molecule has 0 amide bonds. The zero-order valence-corrected chi connectivity index (χ0v) is 9.27. The maximum atomic E-state index is 4.19. The minimum atomic E-state index is 0.503. The number of aryl methyl sites for hydroxylation is 1. The Morgan fingerprint density at radius 2 is 2.00 bits per heavy atom. The van der Waals surface area contributed by atoms with Gasteiger partial charge in [-0.1, -0.05) is 44.2 Å². The van der Waals surface area contributed by atoms with Gasteiger partial charge < -0.3 is 0 Å². The Balaban J connectivity index is 2.26. The van der Waals surface area contributed by atoms with E-state index in [9.17, 15) is 0 Å². The van der Waals surface area contributed by atoms with Crippen molar-refractivity contribution in [3.05, 3.63) is 41.5 Å². The Bertz CT molecular complexity index is 388. The second-order valence-electron chi connectivity index (χ2n) is 4.00. The first-order chi connectivity index (χ1) is 7.29. The summed E-state index contributed by atoms with van der Waals surface area (Å²) in [5, 5.41) is 8.31. The van der Waals surface area contributed by atoms with E-state index in [-0.39, 0.29) is 0 Å². The predicted octanol–water partition coefficient (Wildman–Crippen LogP) is 3.69. The Kier molecular flexibility index (Phi) is 2.95. The number of rotatable bonds is 2. The largest absolute Gasteiger partial charge is 0.188 e. The van der Waals surface area contributed by atoms with Crippen LogP contribution in [-0.4, -0.2) is 6.54 Å². The van der Waals surface area contributed by atoms with E-state index in [2.05, 4.69) is 54.4 Å². The molecule has 0 aromatic heterocycles. The third-order valence-corrected chi connectivity index (χ3v) is 2.65. The number of hydrogen-bond acceptors (Lipinski definition) is 2. The molecule has 78 valence electrons. The number of hydrogen-bond donors (Lipinski definition) is 0. The molecule has 1 unspecified atom stereocenters. The molecule has 1 aromatic rings. The van der Waals surface area contributed by atoms with Crippen LogP contribution in [0.3, 0.4) is 0 Å². The van der Waals surface area contributed by atoms with Gasteiger partial charge in [0.05, 0.1) is 12.2 Å². The minimum Gasteiger partial charge on any atom is -0.188 e. The molecule has 1 aromatic carbocycles. The fraction of sp³-hybridized carbons (Fsp3) is 0.385. The van der Waals surface area contributed by atoms with Crippen LogP contribution in [0.15, 0.2) is 40.6 Å². The summed E-state index contributed by atoms with van der Waals surface area (Å²) >= 11 is 0. The van der Waals surface area contributed by atoms with E-state index in [4.69, 9.17) is 0 Å².